The van der Waals surface area contributed by atoms with E-state index in [1.807, 2.05) is 0 Å². The van der Waals surface area contributed by atoms with Crippen LogP contribution >= 0.6 is 24.0 Å². The summed E-state index contributed by atoms with van der Waals surface area (Å²) in [5.74, 6) is -2.90. The number of halogens is 3. The highest BCUT2D eigenvalue weighted by Crippen LogP contribution is 2.34. The van der Waals surface area contributed by atoms with E-state index in [-0.39, 0.29) is 35.1 Å². The summed E-state index contributed by atoms with van der Waals surface area (Å²) < 4.78 is 41.1. The highest BCUT2D eigenvalue weighted by molar-refractivity contribution is 7.91. The minimum atomic E-state index is -4.08. The minimum Gasteiger partial charge on any atom is -0.352 e. The number of hydrogen-bond acceptors (Lipinski definition) is 5. The number of nitrogens with one attached hydrogen (secondary N) is 1. The van der Waals surface area contributed by atoms with Gasteiger partial charge in [-0.2, -0.15) is 0 Å². The van der Waals surface area contributed by atoms with Gasteiger partial charge in [-0.1, -0.05) is 114 Å². The Morgan fingerprint density at radius 1 is 0.932 bits per heavy atom. The summed E-state index contributed by atoms with van der Waals surface area (Å²) in [6.45, 7) is 2.61. The lowest BCUT2D eigenvalue weighted by Crippen LogP contribution is -2.45. The normalized spacial score (nSPS) is 15.8. The number of carbonyl (C=O) groups excluding carboxylic acids is 2. The number of nitrogens with two attached hydrogens (primary N) is 1. The Labute approximate surface area is 273 Å². The molecule has 2 amide bonds. The van der Waals surface area contributed by atoms with Crippen LogP contribution in [0.15, 0.2) is 41.3 Å². The molecule has 0 radical (unpaired) electrons. The molecule has 1 aliphatic rings. The van der Waals surface area contributed by atoms with Crippen molar-refractivity contribution in [3.8, 4) is 0 Å². The van der Waals surface area contributed by atoms with Crippen molar-refractivity contribution in [2.24, 2.45) is 5.73 Å². The van der Waals surface area contributed by atoms with E-state index in [1.165, 1.54) is 69.1 Å². The van der Waals surface area contributed by atoms with Crippen LogP contribution in [0.5, 0.6) is 0 Å². The van der Waals surface area contributed by atoms with Gasteiger partial charge in [0.1, 0.15) is 5.82 Å². The quantitative estimate of drug-likeness (QED) is 0.157. The molecule has 3 N–H and O–H groups in total. The van der Waals surface area contributed by atoms with Crippen molar-refractivity contribution >= 4 is 51.3 Å². The Bertz CT molecular complexity index is 1310. The van der Waals surface area contributed by atoms with Crippen molar-refractivity contribution in [3.05, 3.63) is 58.4 Å². The molecule has 1 aliphatic heterocycles. The second-order valence-electron chi connectivity index (χ2n) is 11.6. The Morgan fingerprint density at radius 2 is 1.45 bits per heavy atom. The largest absolute Gasteiger partial charge is 0.352 e. The zero-order valence-corrected chi connectivity index (χ0v) is 28.2. The van der Waals surface area contributed by atoms with Crippen LogP contribution in [0.25, 0.3) is 0 Å². The van der Waals surface area contributed by atoms with E-state index in [0.29, 0.717) is 17.1 Å². The number of rotatable bonds is 18. The van der Waals surface area contributed by atoms with E-state index in [4.69, 9.17) is 17.3 Å². The number of hydrogen-bond donors (Lipinski definition) is 2. The van der Waals surface area contributed by atoms with Crippen LogP contribution in [0, 0.1) is 5.82 Å². The van der Waals surface area contributed by atoms with Gasteiger partial charge in [-0.25, -0.2) is 12.8 Å². The molecule has 0 spiro atoms. The molecule has 1 heterocycles. The third-order valence-electron chi connectivity index (χ3n) is 7.97. The van der Waals surface area contributed by atoms with E-state index in [2.05, 4.69) is 12.2 Å². The second-order valence-corrected chi connectivity index (χ2v) is 14.0. The molecular weight excluding hydrogens is 624 g/mol. The van der Waals surface area contributed by atoms with Crippen LogP contribution in [-0.4, -0.2) is 38.6 Å². The molecule has 0 saturated heterocycles. The lowest BCUT2D eigenvalue weighted by molar-refractivity contribution is -0.119. The Kier molecular flexibility index (Phi) is 16.7. The first kappa shape index (κ1) is 38.0. The van der Waals surface area contributed by atoms with E-state index in [9.17, 15) is 18.0 Å². The number of amides is 2. The van der Waals surface area contributed by atoms with Crippen molar-refractivity contribution in [3.63, 3.8) is 0 Å². The fourth-order valence-corrected chi connectivity index (χ4v) is 7.14. The van der Waals surface area contributed by atoms with E-state index in [0.717, 1.165) is 37.8 Å². The highest BCUT2D eigenvalue weighted by Gasteiger charge is 2.37. The summed E-state index contributed by atoms with van der Waals surface area (Å²) in [6.07, 6.45) is 17.1. The van der Waals surface area contributed by atoms with Crippen LogP contribution in [0.3, 0.4) is 0 Å². The van der Waals surface area contributed by atoms with Gasteiger partial charge in [-0.15, -0.1) is 12.4 Å². The third kappa shape index (κ3) is 11.6. The van der Waals surface area contributed by atoms with Gasteiger partial charge in [-0.3, -0.25) is 9.59 Å². The first-order valence-electron chi connectivity index (χ1n) is 15.8. The van der Waals surface area contributed by atoms with Gasteiger partial charge in [-0.05, 0) is 36.2 Å². The second kappa shape index (κ2) is 19.3. The number of sulfone groups is 1. The Balaban J connectivity index is 0.00000675. The maximum absolute atomic E-state index is 15.1. The molecule has 1 atom stereocenters. The summed E-state index contributed by atoms with van der Waals surface area (Å²) >= 11 is 5.98. The molecule has 3 rings (SSSR count). The van der Waals surface area contributed by atoms with E-state index in [1.54, 1.807) is 24.3 Å². The molecule has 0 fully saturated rings. The summed E-state index contributed by atoms with van der Waals surface area (Å²) in [4.78, 5) is 27.0. The van der Waals surface area contributed by atoms with Crippen molar-refractivity contribution in [1.82, 2.24) is 5.32 Å². The maximum Gasteiger partial charge on any atom is 0.254 e. The highest BCUT2D eigenvalue weighted by atomic mass is 35.5. The average molecular weight is 673 g/mol. The first-order valence-corrected chi connectivity index (χ1v) is 17.8. The van der Waals surface area contributed by atoms with Crippen LogP contribution in [0.2, 0.25) is 5.02 Å². The fraction of sp³-hybridized carbons (Fsp3) is 0.576. The zero-order chi connectivity index (χ0) is 31.2. The van der Waals surface area contributed by atoms with Crippen LogP contribution in [-0.2, 0) is 21.2 Å². The zero-order valence-electron chi connectivity index (χ0n) is 25.8. The van der Waals surface area contributed by atoms with E-state index >= 15 is 4.39 Å². The maximum atomic E-state index is 15.1. The monoisotopic (exact) mass is 671 g/mol. The van der Waals surface area contributed by atoms with Crippen molar-refractivity contribution in [1.29, 1.82) is 0 Å². The first-order chi connectivity index (χ1) is 20.6. The van der Waals surface area contributed by atoms with Gasteiger partial charge in [0.05, 0.1) is 34.5 Å². The van der Waals surface area contributed by atoms with Gasteiger partial charge in [0.15, 0.2) is 9.84 Å². The molecule has 2 aromatic rings. The van der Waals surface area contributed by atoms with Crippen molar-refractivity contribution in [2.75, 3.05) is 17.2 Å². The van der Waals surface area contributed by atoms with Gasteiger partial charge < -0.3 is 16.0 Å². The SMILES string of the molecule is CCCCCCCCCCCCCCCCNC(=O)c1cc2c(cc1F)S(=O)(=O)C[C@H](N)C(=O)N2Cc1ccc(Cl)cc1.Cl. The van der Waals surface area contributed by atoms with Crippen LogP contribution in [0.1, 0.15) is 113 Å². The van der Waals surface area contributed by atoms with Crippen LogP contribution < -0.4 is 16.0 Å². The molecule has 11 heteroatoms. The molecule has 44 heavy (non-hydrogen) atoms. The lowest BCUT2D eigenvalue weighted by atomic mass is 10.0. The fourth-order valence-electron chi connectivity index (χ4n) is 5.45. The number of nitrogens with zero attached hydrogens (tertiary/aromatic N) is 1. The van der Waals surface area contributed by atoms with Gasteiger partial charge in [0.25, 0.3) is 5.91 Å². The molecule has 0 aromatic heterocycles. The number of carbonyl (C=O) groups is 2. The molecular formula is C33H48Cl2FN3O4S. The average Bonchev–Trinajstić information content (AvgIpc) is 3.04. The standard InChI is InChI=1S/C33H47ClFN3O4S.ClH/c1-2-3-4-5-6-7-8-9-10-11-12-13-14-15-20-37-32(39)27-21-30-31(22-28(27)35)43(41,42)24-29(36)33(40)38(30)23-25-16-18-26(34)19-17-25;/h16-19,21-22,29H,2-15,20,23-24,36H2,1H3,(H,37,39);1H/t29-;/m0./s1. The summed E-state index contributed by atoms with van der Waals surface area (Å²) in [5.41, 5.74) is 6.24. The van der Waals surface area contributed by atoms with Crippen molar-refractivity contribution < 1.29 is 22.4 Å². The minimum absolute atomic E-state index is 0. The third-order valence-corrected chi connectivity index (χ3v) is 10.0. The molecule has 0 bridgehead atoms. The summed E-state index contributed by atoms with van der Waals surface area (Å²) in [7, 11) is -4.08. The number of benzene rings is 2. The van der Waals surface area contributed by atoms with Crippen molar-refractivity contribution in [2.45, 2.75) is 114 Å². The number of fused-ring (bicyclic) bond motifs is 1. The smallest absolute Gasteiger partial charge is 0.254 e. The summed E-state index contributed by atoms with van der Waals surface area (Å²) in [6, 6.07) is 7.35. The molecule has 246 valence electrons. The van der Waals surface area contributed by atoms with Gasteiger partial charge in [0, 0.05) is 11.6 Å². The predicted molar refractivity (Wildman–Crippen MR) is 179 cm³/mol. The van der Waals surface area contributed by atoms with Crippen LogP contribution in [0.4, 0.5) is 10.1 Å². The Hall–Kier alpha value is -2.20. The van der Waals surface area contributed by atoms with Gasteiger partial charge in [0.2, 0.25) is 5.91 Å². The Morgan fingerprint density at radius 3 is 2.00 bits per heavy atom. The predicted octanol–water partition coefficient (Wildman–Crippen LogP) is 7.76. The number of unbranched alkanes of at least 4 members (excludes halogenated alkanes) is 13. The molecule has 0 saturated carbocycles. The molecule has 0 aliphatic carbocycles. The number of anilines is 1. The molecule has 2 aromatic carbocycles. The lowest BCUT2D eigenvalue weighted by Gasteiger charge is -2.25. The molecule has 7 nitrogen and oxygen atoms in total. The molecule has 0 unspecified atom stereocenters. The summed E-state index contributed by atoms with van der Waals surface area (Å²) in [5, 5.41) is 3.25. The van der Waals surface area contributed by atoms with Gasteiger partial charge >= 0.3 is 0 Å². The van der Waals surface area contributed by atoms with E-state index < -0.39 is 39.3 Å². The topological polar surface area (TPSA) is 110 Å².